The van der Waals surface area contributed by atoms with Crippen LogP contribution >= 0.6 is 0 Å². The molecule has 2 nitrogen and oxygen atoms in total. The third kappa shape index (κ3) is 3.32. The van der Waals surface area contributed by atoms with E-state index in [9.17, 15) is 0 Å². The van der Waals surface area contributed by atoms with E-state index in [1.54, 1.807) is 0 Å². The van der Waals surface area contributed by atoms with E-state index in [1.165, 1.54) is 20.9 Å². The molecule has 0 radical (unpaired) electrons. The molecule has 0 saturated heterocycles. The summed E-state index contributed by atoms with van der Waals surface area (Å²) in [5.41, 5.74) is 2.49. The molecule has 1 heterocycles. The first-order chi connectivity index (χ1) is 10.9. The van der Waals surface area contributed by atoms with Crippen LogP contribution in [-0.2, 0) is 0 Å². The molecule has 0 spiro atoms. The summed E-state index contributed by atoms with van der Waals surface area (Å²) in [6, 6.07) is 15.2. The normalized spacial score (nSPS) is 12.1. The first-order valence-corrected chi connectivity index (χ1v) is 15.6. The van der Waals surface area contributed by atoms with Gasteiger partial charge in [0.2, 0.25) is 0 Å². The van der Waals surface area contributed by atoms with Gasteiger partial charge in [0.05, 0.1) is 0 Å². The van der Waals surface area contributed by atoms with Gasteiger partial charge in [-0.1, -0.05) is 0 Å². The van der Waals surface area contributed by atoms with Gasteiger partial charge in [-0.05, 0) is 0 Å². The molecule has 0 fully saturated rings. The molecule has 0 unspecified atom stereocenters. The van der Waals surface area contributed by atoms with Gasteiger partial charge in [-0.25, -0.2) is 0 Å². The zero-order valence-corrected chi connectivity index (χ0v) is 16.7. The van der Waals surface area contributed by atoms with Crippen LogP contribution in [-0.4, -0.2) is 23.2 Å². The van der Waals surface area contributed by atoms with E-state index in [2.05, 4.69) is 78.6 Å². The Morgan fingerprint density at radius 2 is 1.70 bits per heavy atom. The summed E-state index contributed by atoms with van der Waals surface area (Å²) in [4.78, 5) is 9.44. The number of hydrogen-bond acceptors (Lipinski definition) is 2. The van der Waals surface area contributed by atoms with Crippen LogP contribution in [0.3, 0.4) is 0 Å². The van der Waals surface area contributed by atoms with E-state index in [4.69, 9.17) is 4.98 Å². The van der Waals surface area contributed by atoms with Crippen molar-refractivity contribution in [3.05, 3.63) is 54.2 Å². The number of nitrogens with zero attached hydrogens (tertiary/aromatic N) is 2. The molecule has 0 aliphatic carbocycles. The summed E-state index contributed by atoms with van der Waals surface area (Å²) >= 11 is -1.95. The molecule has 2 aromatic carbocycles. The molecule has 23 heavy (non-hydrogen) atoms. The third-order valence-corrected chi connectivity index (χ3v) is 8.01. The van der Waals surface area contributed by atoms with Gasteiger partial charge in [-0.15, -0.1) is 0 Å². The fourth-order valence-electron chi connectivity index (χ4n) is 2.86. The van der Waals surface area contributed by atoms with E-state index in [-0.39, 0.29) is 0 Å². The molecule has 0 amide bonds. The van der Waals surface area contributed by atoms with Gasteiger partial charge in [-0.3, -0.25) is 0 Å². The topological polar surface area (TPSA) is 25.8 Å². The minimum absolute atomic E-state index is 0.475. The van der Waals surface area contributed by atoms with Crippen molar-refractivity contribution in [3.8, 4) is 11.4 Å². The van der Waals surface area contributed by atoms with Crippen molar-refractivity contribution in [1.82, 2.24) is 9.97 Å². The first kappa shape index (κ1) is 16.2. The van der Waals surface area contributed by atoms with Crippen LogP contribution in [0.15, 0.2) is 48.7 Å². The summed E-state index contributed by atoms with van der Waals surface area (Å²) in [5, 5.41) is 2.59. The van der Waals surface area contributed by atoms with Crippen molar-refractivity contribution in [2.45, 2.75) is 37.0 Å². The molecule has 0 bridgehead atoms. The number of aromatic nitrogens is 2. The molecule has 0 aliphatic heterocycles. The van der Waals surface area contributed by atoms with Crippen LogP contribution in [0, 0.1) is 0 Å². The Labute approximate surface area is 141 Å². The second-order valence-corrected chi connectivity index (χ2v) is 18.0. The van der Waals surface area contributed by atoms with E-state index in [0.29, 0.717) is 5.92 Å². The molecule has 118 valence electrons. The SMILES string of the molecule is CC(C)c1cc(-c2ncc[c]([Ge]([CH3])([CH3])[CH3])n2)cc2ccccc12. The second-order valence-electron chi connectivity index (χ2n) is 7.46. The van der Waals surface area contributed by atoms with Crippen LogP contribution < -0.4 is 4.53 Å². The Morgan fingerprint density at radius 3 is 2.39 bits per heavy atom. The van der Waals surface area contributed by atoms with E-state index in [0.717, 1.165) is 11.4 Å². The molecular weight excluding hydrogens is 341 g/mol. The standard InChI is InChI=1S/C20H24GeN2/c1-14(2)18-13-16(12-15-8-6-7-9-17(15)18)20-22-11-10-19(23-20)21(3,4)5/h6-14H,1-5H3. The Balaban J connectivity index is 2.21. The Bertz CT molecular complexity index is 848. The van der Waals surface area contributed by atoms with Gasteiger partial charge in [-0.2, -0.15) is 0 Å². The molecule has 0 aliphatic rings. The van der Waals surface area contributed by atoms with Crippen LogP contribution in [0.5, 0.6) is 0 Å². The van der Waals surface area contributed by atoms with Crippen molar-refractivity contribution in [2.24, 2.45) is 0 Å². The summed E-state index contributed by atoms with van der Waals surface area (Å²) in [5.74, 6) is 8.43. The van der Waals surface area contributed by atoms with Crippen molar-refractivity contribution in [2.75, 3.05) is 0 Å². The summed E-state index contributed by atoms with van der Waals surface area (Å²) in [7, 11) is 0. The van der Waals surface area contributed by atoms with Gasteiger partial charge in [0.15, 0.2) is 0 Å². The van der Waals surface area contributed by atoms with Crippen molar-refractivity contribution in [1.29, 1.82) is 0 Å². The molecule has 3 heteroatoms. The Morgan fingerprint density at radius 1 is 0.957 bits per heavy atom. The molecule has 0 N–H and O–H groups in total. The molecule has 0 atom stereocenters. The van der Waals surface area contributed by atoms with Gasteiger partial charge in [0.1, 0.15) is 0 Å². The van der Waals surface area contributed by atoms with Crippen molar-refractivity contribution < 1.29 is 0 Å². The predicted octanol–water partition coefficient (Wildman–Crippen LogP) is 4.97. The van der Waals surface area contributed by atoms with Gasteiger partial charge < -0.3 is 0 Å². The summed E-state index contributed by atoms with van der Waals surface area (Å²) in [6.45, 7) is 4.49. The minimum atomic E-state index is -1.95. The van der Waals surface area contributed by atoms with Crippen LogP contribution in [0.25, 0.3) is 22.2 Å². The Hall–Kier alpha value is -1.68. The first-order valence-electron chi connectivity index (χ1n) is 8.23. The molecule has 0 saturated carbocycles. The number of fused-ring (bicyclic) bond motifs is 1. The maximum atomic E-state index is 4.89. The average Bonchev–Trinajstić information content (AvgIpc) is 2.53. The van der Waals surface area contributed by atoms with Crippen LogP contribution in [0.2, 0.25) is 17.3 Å². The van der Waals surface area contributed by atoms with Gasteiger partial charge >= 0.3 is 141 Å². The molecule has 3 aromatic rings. The van der Waals surface area contributed by atoms with E-state index >= 15 is 0 Å². The van der Waals surface area contributed by atoms with E-state index < -0.39 is 13.3 Å². The summed E-state index contributed by atoms with van der Waals surface area (Å²) in [6.07, 6.45) is 1.92. The van der Waals surface area contributed by atoms with Crippen LogP contribution in [0.1, 0.15) is 25.3 Å². The number of hydrogen-bond donors (Lipinski definition) is 0. The second kappa shape index (κ2) is 6.08. The third-order valence-electron chi connectivity index (χ3n) is 4.20. The average molecular weight is 365 g/mol. The van der Waals surface area contributed by atoms with Crippen LogP contribution in [0.4, 0.5) is 0 Å². The Kier molecular flexibility index (Phi) is 4.28. The molecule has 3 rings (SSSR count). The monoisotopic (exact) mass is 366 g/mol. The number of benzene rings is 2. The van der Waals surface area contributed by atoms with Gasteiger partial charge in [0, 0.05) is 0 Å². The number of rotatable bonds is 3. The predicted molar refractivity (Wildman–Crippen MR) is 102 cm³/mol. The van der Waals surface area contributed by atoms with Crippen molar-refractivity contribution in [3.63, 3.8) is 0 Å². The molecule has 1 aromatic heterocycles. The summed E-state index contributed by atoms with van der Waals surface area (Å²) < 4.78 is 1.26. The fourth-order valence-corrected chi connectivity index (χ4v) is 4.99. The zero-order valence-electron chi connectivity index (χ0n) is 14.6. The van der Waals surface area contributed by atoms with Gasteiger partial charge in [0.25, 0.3) is 0 Å². The quantitative estimate of drug-likeness (QED) is 0.613. The zero-order chi connectivity index (χ0) is 16.6. The maximum absolute atomic E-state index is 4.89. The van der Waals surface area contributed by atoms with Crippen molar-refractivity contribution >= 4 is 28.6 Å². The molecular formula is C20H24GeN2. The fraction of sp³-hybridized carbons (Fsp3) is 0.300. The van der Waals surface area contributed by atoms with E-state index in [1.807, 2.05) is 6.20 Å².